The highest BCUT2D eigenvalue weighted by Gasteiger charge is 2.26. The molecule has 0 aliphatic carbocycles. The molecule has 3 rings (SSSR count). The van der Waals surface area contributed by atoms with Crippen LogP contribution in [0, 0.1) is 5.92 Å². The lowest BCUT2D eigenvalue weighted by Gasteiger charge is -2.33. The number of rotatable bonds is 3. The number of aryl methyl sites for hydroxylation is 1. The Morgan fingerprint density at radius 1 is 1.36 bits per heavy atom. The molecule has 8 heteroatoms. The summed E-state index contributed by atoms with van der Waals surface area (Å²) in [7, 11) is 0. The van der Waals surface area contributed by atoms with E-state index in [0.29, 0.717) is 5.92 Å². The largest absolute Gasteiger partial charge is 0.444 e. The molecule has 1 saturated heterocycles. The number of piperidine rings is 1. The lowest BCUT2D eigenvalue weighted by Crippen LogP contribution is -2.41. The van der Waals surface area contributed by atoms with Crippen LogP contribution in [0.5, 0.6) is 0 Å². The topological polar surface area (TPSA) is 98.6 Å². The Morgan fingerprint density at radius 2 is 2.08 bits per heavy atom. The van der Waals surface area contributed by atoms with Gasteiger partial charge in [-0.1, -0.05) is 0 Å². The zero-order chi connectivity index (χ0) is 18.0. The first kappa shape index (κ1) is 17.4. The summed E-state index contributed by atoms with van der Waals surface area (Å²) in [5, 5.41) is 4.20. The number of nitrogen functional groups attached to an aromatic ring is 1. The van der Waals surface area contributed by atoms with Crippen molar-refractivity contribution in [1.82, 2.24) is 24.5 Å². The van der Waals surface area contributed by atoms with Crippen LogP contribution in [0.1, 0.15) is 45.9 Å². The van der Waals surface area contributed by atoms with Crippen LogP contribution in [-0.2, 0) is 11.2 Å². The molecule has 3 heterocycles. The van der Waals surface area contributed by atoms with Crippen LogP contribution in [-0.4, -0.2) is 49.3 Å². The number of nitrogens with two attached hydrogens (primary N) is 1. The maximum absolute atomic E-state index is 12.1. The maximum atomic E-state index is 12.1. The molecule has 0 bridgehead atoms. The van der Waals surface area contributed by atoms with E-state index in [1.165, 1.54) is 0 Å². The summed E-state index contributed by atoms with van der Waals surface area (Å²) >= 11 is 0. The standard InChI is InChI=1S/C17H26N6O2/c1-17(2,3)25-16(24)22-10-7-12(8-11-22)4-5-13-19-9-6-14-20-15(18)21-23(13)14/h6,9,12H,4-5,7-8,10-11H2,1-3H3,(H2,18,21). The van der Waals surface area contributed by atoms with E-state index in [1.807, 2.05) is 20.8 Å². The van der Waals surface area contributed by atoms with Gasteiger partial charge < -0.3 is 15.4 Å². The molecule has 0 radical (unpaired) electrons. The van der Waals surface area contributed by atoms with Gasteiger partial charge in [0, 0.05) is 31.8 Å². The average Bonchev–Trinajstić information content (AvgIpc) is 2.92. The lowest BCUT2D eigenvalue weighted by molar-refractivity contribution is 0.0181. The number of likely N-dealkylation sites (tertiary alicyclic amines) is 1. The number of ether oxygens (including phenoxy) is 1. The molecule has 1 fully saturated rings. The molecule has 8 nitrogen and oxygen atoms in total. The summed E-state index contributed by atoms with van der Waals surface area (Å²) in [4.78, 5) is 22.5. The van der Waals surface area contributed by atoms with E-state index in [4.69, 9.17) is 10.5 Å². The minimum Gasteiger partial charge on any atom is -0.444 e. The Morgan fingerprint density at radius 3 is 2.76 bits per heavy atom. The lowest BCUT2D eigenvalue weighted by atomic mass is 9.92. The number of carbonyl (C=O) groups is 1. The van der Waals surface area contributed by atoms with Gasteiger partial charge in [0.05, 0.1) is 0 Å². The average molecular weight is 346 g/mol. The molecule has 0 spiro atoms. The van der Waals surface area contributed by atoms with Crippen molar-refractivity contribution in [2.24, 2.45) is 5.92 Å². The Labute approximate surface area is 147 Å². The fourth-order valence-electron chi connectivity index (χ4n) is 3.12. The Kier molecular flexibility index (Phi) is 4.78. The smallest absolute Gasteiger partial charge is 0.410 e. The van der Waals surface area contributed by atoms with Crippen LogP contribution in [0.3, 0.4) is 0 Å². The van der Waals surface area contributed by atoms with Gasteiger partial charge >= 0.3 is 6.09 Å². The number of carbonyl (C=O) groups excluding carboxylic acids is 1. The molecule has 0 aromatic carbocycles. The maximum Gasteiger partial charge on any atom is 0.410 e. The van der Waals surface area contributed by atoms with Crippen LogP contribution in [0.2, 0.25) is 0 Å². The third-order valence-corrected chi connectivity index (χ3v) is 4.38. The number of amides is 1. The van der Waals surface area contributed by atoms with E-state index in [1.54, 1.807) is 21.7 Å². The molecule has 25 heavy (non-hydrogen) atoms. The third kappa shape index (κ3) is 4.37. The number of anilines is 1. The molecule has 2 aromatic heterocycles. The van der Waals surface area contributed by atoms with Crippen LogP contribution in [0.4, 0.5) is 10.7 Å². The van der Waals surface area contributed by atoms with Crippen LogP contribution >= 0.6 is 0 Å². The molecule has 1 amide bonds. The first-order chi connectivity index (χ1) is 11.8. The Hall–Kier alpha value is -2.38. The Balaban J connectivity index is 1.52. The molecule has 0 saturated carbocycles. The highest BCUT2D eigenvalue weighted by molar-refractivity contribution is 5.68. The zero-order valence-corrected chi connectivity index (χ0v) is 15.1. The van der Waals surface area contributed by atoms with E-state index in [-0.39, 0.29) is 12.0 Å². The quantitative estimate of drug-likeness (QED) is 0.915. The molecule has 0 atom stereocenters. The molecule has 1 aliphatic rings. The van der Waals surface area contributed by atoms with E-state index < -0.39 is 5.60 Å². The van der Waals surface area contributed by atoms with Crippen molar-refractivity contribution in [3.63, 3.8) is 0 Å². The van der Waals surface area contributed by atoms with Crippen molar-refractivity contribution in [2.75, 3.05) is 18.8 Å². The highest BCUT2D eigenvalue weighted by Crippen LogP contribution is 2.23. The summed E-state index contributed by atoms with van der Waals surface area (Å²) in [5.41, 5.74) is 5.94. The molecule has 136 valence electrons. The molecule has 2 aromatic rings. The van der Waals surface area contributed by atoms with Gasteiger partial charge in [0.2, 0.25) is 5.95 Å². The summed E-state index contributed by atoms with van der Waals surface area (Å²) in [6.07, 6.45) is 5.31. The molecular weight excluding hydrogens is 320 g/mol. The van der Waals surface area contributed by atoms with E-state index in [9.17, 15) is 4.79 Å². The normalized spacial score (nSPS) is 16.4. The zero-order valence-electron chi connectivity index (χ0n) is 15.1. The summed E-state index contributed by atoms with van der Waals surface area (Å²) < 4.78 is 7.15. The van der Waals surface area contributed by atoms with Crippen molar-refractivity contribution in [2.45, 2.75) is 52.1 Å². The SMILES string of the molecule is CC(C)(C)OC(=O)N1CCC(CCc2nccc3nc(N)nn23)CC1. The van der Waals surface area contributed by atoms with Gasteiger partial charge in [0.15, 0.2) is 5.65 Å². The van der Waals surface area contributed by atoms with Crippen LogP contribution in [0.15, 0.2) is 12.3 Å². The number of hydrogen-bond donors (Lipinski definition) is 1. The van der Waals surface area contributed by atoms with Gasteiger partial charge in [-0.15, -0.1) is 5.10 Å². The fourth-order valence-corrected chi connectivity index (χ4v) is 3.12. The summed E-state index contributed by atoms with van der Waals surface area (Å²) in [5.74, 6) is 1.70. The van der Waals surface area contributed by atoms with Crippen LogP contribution in [0.25, 0.3) is 5.65 Å². The minimum absolute atomic E-state index is 0.213. The summed E-state index contributed by atoms with van der Waals surface area (Å²) in [6, 6.07) is 1.80. The summed E-state index contributed by atoms with van der Waals surface area (Å²) in [6.45, 7) is 7.16. The van der Waals surface area contributed by atoms with E-state index in [0.717, 1.165) is 50.2 Å². The first-order valence-electron chi connectivity index (χ1n) is 8.76. The van der Waals surface area contributed by atoms with Crippen molar-refractivity contribution >= 4 is 17.7 Å². The third-order valence-electron chi connectivity index (χ3n) is 4.38. The fraction of sp³-hybridized carbons (Fsp3) is 0.647. The van der Waals surface area contributed by atoms with Crippen LogP contribution < -0.4 is 5.73 Å². The van der Waals surface area contributed by atoms with E-state index >= 15 is 0 Å². The number of nitrogens with zero attached hydrogens (tertiary/aromatic N) is 5. The van der Waals surface area contributed by atoms with Gasteiger partial charge in [-0.3, -0.25) is 0 Å². The molecule has 0 unspecified atom stereocenters. The van der Waals surface area contributed by atoms with Gasteiger partial charge in [-0.2, -0.15) is 9.50 Å². The predicted octanol–water partition coefficient (Wildman–Crippen LogP) is 2.29. The highest BCUT2D eigenvalue weighted by atomic mass is 16.6. The number of fused-ring (bicyclic) bond motifs is 1. The van der Waals surface area contributed by atoms with Crippen molar-refractivity contribution in [1.29, 1.82) is 0 Å². The van der Waals surface area contributed by atoms with Crippen molar-refractivity contribution in [3.8, 4) is 0 Å². The monoisotopic (exact) mass is 346 g/mol. The van der Waals surface area contributed by atoms with E-state index in [2.05, 4.69) is 15.1 Å². The minimum atomic E-state index is -0.446. The van der Waals surface area contributed by atoms with Gasteiger partial charge in [0.25, 0.3) is 0 Å². The molecule has 2 N–H and O–H groups in total. The van der Waals surface area contributed by atoms with Gasteiger partial charge in [-0.05, 0) is 46.0 Å². The first-order valence-corrected chi connectivity index (χ1v) is 8.76. The molecule has 1 aliphatic heterocycles. The molecular formula is C17H26N6O2. The second-order valence-corrected chi connectivity index (χ2v) is 7.55. The second kappa shape index (κ2) is 6.85. The predicted molar refractivity (Wildman–Crippen MR) is 94.0 cm³/mol. The number of hydrogen-bond acceptors (Lipinski definition) is 6. The Bertz CT molecular complexity index is 743. The van der Waals surface area contributed by atoms with Crippen molar-refractivity contribution in [3.05, 3.63) is 18.1 Å². The van der Waals surface area contributed by atoms with Gasteiger partial charge in [0.1, 0.15) is 11.4 Å². The second-order valence-electron chi connectivity index (χ2n) is 7.55. The van der Waals surface area contributed by atoms with Gasteiger partial charge in [-0.25, -0.2) is 9.78 Å². The number of aromatic nitrogens is 4. The van der Waals surface area contributed by atoms with Crippen molar-refractivity contribution < 1.29 is 9.53 Å².